The summed E-state index contributed by atoms with van der Waals surface area (Å²) in [4.78, 5) is 11.6. The summed E-state index contributed by atoms with van der Waals surface area (Å²) in [6.45, 7) is 0. The minimum absolute atomic E-state index is 0.152. The fraction of sp³-hybridized carbons (Fsp3) is 0.611. The van der Waals surface area contributed by atoms with Crippen LogP contribution in [0, 0.1) is 17.8 Å². The molecule has 2 N–H and O–H groups in total. The minimum Gasteiger partial charge on any atom is -0.481 e. The molecule has 0 aliphatic heterocycles. The number of fused-ring (bicyclic) bond motifs is 3. The summed E-state index contributed by atoms with van der Waals surface area (Å²) in [6, 6.07) is 9.33. The minimum atomic E-state index is -0.587. The molecular formula is C18H23NO2. The van der Waals surface area contributed by atoms with Gasteiger partial charge in [-0.05, 0) is 61.5 Å². The average Bonchev–Trinajstić information content (AvgIpc) is 3.08. The van der Waals surface area contributed by atoms with Gasteiger partial charge in [-0.25, -0.2) is 0 Å². The highest BCUT2D eigenvalue weighted by Crippen LogP contribution is 2.49. The Balaban J connectivity index is 1.48. The predicted octanol–water partition coefficient (Wildman–Crippen LogP) is 2.63. The summed E-state index contributed by atoms with van der Waals surface area (Å²) >= 11 is 0. The number of aryl methyl sites for hydroxylation is 1. The van der Waals surface area contributed by atoms with Crippen LogP contribution in [0.4, 0.5) is 0 Å². The van der Waals surface area contributed by atoms with E-state index in [9.17, 15) is 9.90 Å². The lowest BCUT2D eigenvalue weighted by Gasteiger charge is -2.35. The summed E-state index contributed by atoms with van der Waals surface area (Å²) < 4.78 is 0. The SMILES string of the molecule is O=C(O)C1C2CCC(C2)C1NC1CCc2ccccc2C1. The maximum atomic E-state index is 11.6. The fourth-order valence-electron chi connectivity index (χ4n) is 5.00. The van der Waals surface area contributed by atoms with Crippen LogP contribution in [-0.4, -0.2) is 23.2 Å². The number of aliphatic carboxylic acids is 1. The number of carboxylic acid groups (broad SMARTS) is 1. The molecule has 3 aliphatic carbocycles. The van der Waals surface area contributed by atoms with Gasteiger partial charge in [0.1, 0.15) is 0 Å². The van der Waals surface area contributed by atoms with E-state index in [4.69, 9.17) is 0 Å². The molecule has 112 valence electrons. The Labute approximate surface area is 125 Å². The maximum Gasteiger partial charge on any atom is 0.308 e. The lowest BCUT2D eigenvalue weighted by atomic mass is 9.82. The Kier molecular flexibility index (Phi) is 3.26. The Hall–Kier alpha value is -1.35. The van der Waals surface area contributed by atoms with Crippen molar-refractivity contribution in [2.45, 2.75) is 50.6 Å². The number of carbonyl (C=O) groups is 1. The van der Waals surface area contributed by atoms with Crippen LogP contribution < -0.4 is 5.32 Å². The molecular weight excluding hydrogens is 262 g/mol. The molecule has 3 aliphatic rings. The number of carboxylic acids is 1. The van der Waals surface area contributed by atoms with Gasteiger partial charge in [0.05, 0.1) is 5.92 Å². The van der Waals surface area contributed by atoms with E-state index in [1.165, 1.54) is 17.5 Å². The van der Waals surface area contributed by atoms with Crippen molar-refractivity contribution in [1.82, 2.24) is 5.32 Å². The van der Waals surface area contributed by atoms with E-state index in [-0.39, 0.29) is 12.0 Å². The van der Waals surface area contributed by atoms with E-state index in [0.717, 1.165) is 32.1 Å². The number of hydrogen-bond acceptors (Lipinski definition) is 2. The zero-order valence-electron chi connectivity index (χ0n) is 12.3. The first-order valence-electron chi connectivity index (χ1n) is 8.28. The van der Waals surface area contributed by atoms with Crippen molar-refractivity contribution in [1.29, 1.82) is 0 Å². The largest absolute Gasteiger partial charge is 0.481 e. The zero-order chi connectivity index (χ0) is 14.4. The average molecular weight is 285 g/mol. The molecule has 2 bridgehead atoms. The van der Waals surface area contributed by atoms with E-state index >= 15 is 0 Å². The van der Waals surface area contributed by atoms with Crippen LogP contribution in [0.3, 0.4) is 0 Å². The Bertz CT molecular complexity index is 556. The second-order valence-electron chi connectivity index (χ2n) is 7.10. The van der Waals surface area contributed by atoms with Gasteiger partial charge in [-0.2, -0.15) is 0 Å². The molecule has 0 aromatic heterocycles. The standard InChI is InChI=1S/C18H23NO2/c20-18(21)16-13-5-6-14(9-13)17(16)19-15-8-7-11-3-1-2-4-12(11)10-15/h1-4,13-17,19H,5-10H2,(H,20,21). The third-order valence-corrected chi connectivity index (χ3v) is 5.98. The lowest BCUT2D eigenvalue weighted by Crippen LogP contribution is -2.50. The highest BCUT2D eigenvalue weighted by molar-refractivity contribution is 5.72. The lowest BCUT2D eigenvalue weighted by molar-refractivity contribution is -0.144. The van der Waals surface area contributed by atoms with Gasteiger partial charge in [-0.1, -0.05) is 24.3 Å². The van der Waals surface area contributed by atoms with Gasteiger partial charge in [0.15, 0.2) is 0 Å². The predicted molar refractivity (Wildman–Crippen MR) is 81.1 cm³/mol. The molecule has 4 rings (SSSR count). The first kappa shape index (κ1) is 13.3. The Morgan fingerprint density at radius 2 is 1.86 bits per heavy atom. The Morgan fingerprint density at radius 3 is 2.67 bits per heavy atom. The van der Waals surface area contributed by atoms with Gasteiger partial charge in [-0.15, -0.1) is 0 Å². The van der Waals surface area contributed by atoms with Gasteiger partial charge in [-0.3, -0.25) is 4.79 Å². The van der Waals surface area contributed by atoms with Gasteiger partial charge in [0.25, 0.3) is 0 Å². The summed E-state index contributed by atoms with van der Waals surface area (Å²) in [5.74, 6) is 0.269. The highest BCUT2D eigenvalue weighted by Gasteiger charge is 2.51. The van der Waals surface area contributed by atoms with Crippen LogP contribution in [0.5, 0.6) is 0 Å². The molecule has 5 atom stereocenters. The van der Waals surface area contributed by atoms with Crippen molar-refractivity contribution in [3.63, 3.8) is 0 Å². The van der Waals surface area contributed by atoms with Gasteiger partial charge in [0.2, 0.25) is 0 Å². The summed E-state index contributed by atoms with van der Waals surface area (Å²) in [7, 11) is 0. The van der Waals surface area contributed by atoms with Crippen molar-refractivity contribution < 1.29 is 9.90 Å². The van der Waals surface area contributed by atoms with Crippen LogP contribution in [0.25, 0.3) is 0 Å². The van der Waals surface area contributed by atoms with E-state index in [1.54, 1.807) is 0 Å². The van der Waals surface area contributed by atoms with Crippen molar-refractivity contribution in [3.8, 4) is 0 Å². The molecule has 5 unspecified atom stereocenters. The van der Waals surface area contributed by atoms with Crippen LogP contribution >= 0.6 is 0 Å². The maximum absolute atomic E-state index is 11.6. The normalized spacial score (nSPS) is 37.4. The smallest absolute Gasteiger partial charge is 0.308 e. The van der Waals surface area contributed by atoms with Crippen LogP contribution in [-0.2, 0) is 17.6 Å². The van der Waals surface area contributed by atoms with Crippen molar-refractivity contribution in [2.75, 3.05) is 0 Å². The second kappa shape index (κ2) is 5.13. The summed E-state index contributed by atoms with van der Waals surface area (Å²) in [5.41, 5.74) is 2.91. The highest BCUT2D eigenvalue weighted by atomic mass is 16.4. The fourth-order valence-corrected chi connectivity index (χ4v) is 5.00. The van der Waals surface area contributed by atoms with E-state index in [1.807, 2.05) is 0 Å². The number of hydrogen-bond donors (Lipinski definition) is 2. The summed E-state index contributed by atoms with van der Waals surface area (Å²) in [5, 5.41) is 13.3. The molecule has 2 saturated carbocycles. The van der Waals surface area contributed by atoms with E-state index < -0.39 is 5.97 Å². The Morgan fingerprint density at radius 1 is 1.10 bits per heavy atom. The number of rotatable bonds is 3. The molecule has 3 nitrogen and oxygen atoms in total. The van der Waals surface area contributed by atoms with Crippen molar-refractivity contribution in [2.24, 2.45) is 17.8 Å². The molecule has 21 heavy (non-hydrogen) atoms. The van der Waals surface area contributed by atoms with Gasteiger partial charge < -0.3 is 10.4 Å². The number of benzene rings is 1. The molecule has 1 aromatic rings. The van der Waals surface area contributed by atoms with Crippen molar-refractivity contribution in [3.05, 3.63) is 35.4 Å². The third kappa shape index (κ3) is 2.28. The second-order valence-corrected chi connectivity index (χ2v) is 7.10. The van der Waals surface area contributed by atoms with Crippen LogP contribution in [0.2, 0.25) is 0 Å². The van der Waals surface area contributed by atoms with Gasteiger partial charge >= 0.3 is 5.97 Å². The number of nitrogens with one attached hydrogen (secondary N) is 1. The van der Waals surface area contributed by atoms with Crippen LogP contribution in [0.15, 0.2) is 24.3 Å². The third-order valence-electron chi connectivity index (χ3n) is 5.98. The quantitative estimate of drug-likeness (QED) is 0.897. The van der Waals surface area contributed by atoms with Crippen LogP contribution in [0.1, 0.15) is 36.8 Å². The molecule has 3 heteroatoms. The molecule has 1 aromatic carbocycles. The van der Waals surface area contributed by atoms with E-state index in [0.29, 0.717) is 17.9 Å². The molecule has 0 radical (unpaired) electrons. The molecule has 0 saturated heterocycles. The molecule has 2 fully saturated rings. The monoisotopic (exact) mass is 285 g/mol. The first-order chi connectivity index (χ1) is 10.2. The van der Waals surface area contributed by atoms with Gasteiger partial charge in [0, 0.05) is 12.1 Å². The molecule has 0 heterocycles. The molecule has 0 amide bonds. The van der Waals surface area contributed by atoms with E-state index in [2.05, 4.69) is 29.6 Å². The summed E-state index contributed by atoms with van der Waals surface area (Å²) in [6.07, 6.45) is 6.76. The topological polar surface area (TPSA) is 49.3 Å². The zero-order valence-corrected chi connectivity index (χ0v) is 12.3. The first-order valence-corrected chi connectivity index (χ1v) is 8.28. The van der Waals surface area contributed by atoms with Crippen molar-refractivity contribution >= 4 is 5.97 Å². The molecule has 0 spiro atoms.